The molecule has 0 aliphatic carbocycles. The third-order valence-electron chi connectivity index (χ3n) is 3.14. The smallest absolute Gasteiger partial charge is 0.344 e. The number of benzene rings is 2. The molecule has 0 aliphatic heterocycles. The molecule has 0 N–H and O–H groups in total. The van der Waals surface area contributed by atoms with Gasteiger partial charge in [0.15, 0.2) is 11.6 Å². The number of carbonyl (C=O) groups excluding carboxylic acids is 2. The summed E-state index contributed by atoms with van der Waals surface area (Å²) in [7, 11) is 0. The maximum absolute atomic E-state index is 13.6. The van der Waals surface area contributed by atoms with Crippen LogP contribution >= 0.6 is 0 Å². The van der Waals surface area contributed by atoms with Crippen LogP contribution in [0.5, 0.6) is 5.75 Å². The van der Waals surface area contributed by atoms with Gasteiger partial charge in [-0.25, -0.2) is 14.0 Å². The van der Waals surface area contributed by atoms with E-state index in [4.69, 9.17) is 9.47 Å². The van der Waals surface area contributed by atoms with Crippen LogP contribution in [0.3, 0.4) is 0 Å². The molecule has 0 spiro atoms. The Balaban J connectivity index is 2.17. The molecule has 0 aromatic heterocycles. The lowest BCUT2D eigenvalue weighted by Gasteiger charge is -2.09. The summed E-state index contributed by atoms with van der Waals surface area (Å²) >= 11 is 0. The van der Waals surface area contributed by atoms with E-state index >= 15 is 0 Å². The van der Waals surface area contributed by atoms with E-state index in [2.05, 4.69) is 0 Å². The van der Waals surface area contributed by atoms with E-state index in [0.717, 1.165) is 12.8 Å². The van der Waals surface area contributed by atoms with E-state index in [0.29, 0.717) is 0 Å². The highest BCUT2D eigenvalue weighted by molar-refractivity contribution is 6.03. The van der Waals surface area contributed by atoms with Crippen LogP contribution in [0.4, 0.5) is 4.39 Å². The minimum absolute atomic E-state index is 0.0391. The first-order valence-electron chi connectivity index (χ1n) is 7.36. The van der Waals surface area contributed by atoms with Crippen LogP contribution in [-0.4, -0.2) is 18.5 Å². The summed E-state index contributed by atoms with van der Waals surface area (Å²) < 4.78 is 23.7. The van der Waals surface area contributed by atoms with Gasteiger partial charge in [-0.05, 0) is 30.7 Å². The Morgan fingerprint density at radius 2 is 1.57 bits per heavy atom. The Labute approximate surface area is 133 Å². The average molecular weight is 316 g/mol. The second kappa shape index (κ2) is 8.08. The second-order valence-corrected chi connectivity index (χ2v) is 4.85. The van der Waals surface area contributed by atoms with E-state index in [1.807, 2.05) is 6.92 Å². The average Bonchev–Trinajstić information content (AvgIpc) is 2.57. The predicted molar refractivity (Wildman–Crippen MR) is 83.0 cm³/mol. The number of halogens is 1. The zero-order valence-electron chi connectivity index (χ0n) is 12.8. The fourth-order valence-electron chi connectivity index (χ4n) is 1.91. The first-order chi connectivity index (χ1) is 11.1. The predicted octanol–water partition coefficient (Wildman–Crippen LogP) is 4.00. The van der Waals surface area contributed by atoms with Crippen LogP contribution in [0.25, 0.3) is 0 Å². The molecule has 0 amide bonds. The third-order valence-corrected chi connectivity index (χ3v) is 3.14. The monoisotopic (exact) mass is 316 g/mol. The molecule has 0 radical (unpaired) electrons. The van der Waals surface area contributed by atoms with Gasteiger partial charge in [-0.15, -0.1) is 0 Å². The van der Waals surface area contributed by atoms with Gasteiger partial charge in [-0.3, -0.25) is 0 Å². The van der Waals surface area contributed by atoms with Gasteiger partial charge in [-0.1, -0.05) is 37.6 Å². The minimum Gasteiger partial charge on any atom is -0.462 e. The van der Waals surface area contributed by atoms with Crippen molar-refractivity contribution in [2.75, 3.05) is 6.61 Å². The molecule has 2 aromatic carbocycles. The Morgan fingerprint density at radius 1 is 0.957 bits per heavy atom. The molecule has 0 heterocycles. The third kappa shape index (κ3) is 4.39. The van der Waals surface area contributed by atoms with Crippen LogP contribution in [0.2, 0.25) is 0 Å². The SMILES string of the molecule is CCCCOC(=O)c1ccccc1C(=O)Oc1ccccc1F. The molecule has 0 saturated carbocycles. The van der Waals surface area contributed by atoms with Crippen LogP contribution in [-0.2, 0) is 4.74 Å². The molecule has 0 aliphatic rings. The van der Waals surface area contributed by atoms with Crippen molar-refractivity contribution in [3.63, 3.8) is 0 Å². The minimum atomic E-state index is -0.807. The molecule has 0 atom stereocenters. The quantitative estimate of drug-likeness (QED) is 0.459. The van der Waals surface area contributed by atoms with Gasteiger partial charge in [0.25, 0.3) is 0 Å². The Morgan fingerprint density at radius 3 is 2.22 bits per heavy atom. The van der Waals surface area contributed by atoms with Crippen LogP contribution in [0, 0.1) is 5.82 Å². The lowest BCUT2D eigenvalue weighted by Crippen LogP contribution is -2.16. The van der Waals surface area contributed by atoms with Crippen LogP contribution in [0.15, 0.2) is 48.5 Å². The van der Waals surface area contributed by atoms with Gasteiger partial charge in [0, 0.05) is 0 Å². The zero-order valence-corrected chi connectivity index (χ0v) is 12.8. The molecule has 0 bridgehead atoms. The van der Waals surface area contributed by atoms with Gasteiger partial charge >= 0.3 is 11.9 Å². The Bertz CT molecular complexity index is 697. The summed E-state index contributed by atoms with van der Waals surface area (Å²) in [6, 6.07) is 11.7. The van der Waals surface area contributed by atoms with Gasteiger partial charge in [0.05, 0.1) is 17.7 Å². The van der Waals surface area contributed by atoms with E-state index in [9.17, 15) is 14.0 Å². The fourth-order valence-corrected chi connectivity index (χ4v) is 1.91. The summed E-state index contributed by atoms with van der Waals surface area (Å²) in [6.07, 6.45) is 1.64. The summed E-state index contributed by atoms with van der Waals surface area (Å²) in [6.45, 7) is 2.26. The van der Waals surface area contributed by atoms with Crippen molar-refractivity contribution in [3.05, 3.63) is 65.5 Å². The molecule has 4 nitrogen and oxygen atoms in total. The first-order valence-corrected chi connectivity index (χ1v) is 7.36. The maximum atomic E-state index is 13.6. The number of esters is 2. The lowest BCUT2D eigenvalue weighted by atomic mass is 10.1. The number of hydrogen-bond donors (Lipinski definition) is 0. The summed E-state index contributed by atoms with van der Waals surface area (Å²) in [5.74, 6) is -2.24. The van der Waals surface area contributed by atoms with Crippen molar-refractivity contribution < 1.29 is 23.5 Å². The molecule has 0 saturated heterocycles. The summed E-state index contributed by atoms with van der Waals surface area (Å²) in [4.78, 5) is 24.3. The number of unbranched alkanes of at least 4 members (excludes halogenated alkanes) is 1. The van der Waals surface area contributed by atoms with E-state index in [1.54, 1.807) is 18.2 Å². The summed E-state index contributed by atoms with van der Waals surface area (Å²) in [5, 5.41) is 0. The maximum Gasteiger partial charge on any atom is 0.344 e. The second-order valence-electron chi connectivity index (χ2n) is 4.85. The van der Waals surface area contributed by atoms with E-state index in [1.165, 1.54) is 30.3 Å². The van der Waals surface area contributed by atoms with Crippen molar-refractivity contribution >= 4 is 11.9 Å². The van der Waals surface area contributed by atoms with Crippen molar-refractivity contribution in [2.24, 2.45) is 0 Å². The molecule has 5 heteroatoms. The molecule has 2 rings (SSSR count). The van der Waals surface area contributed by atoms with Crippen molar-refractivity contribution in [1.82, 2.24) is 0 Å². The molecule has 2 aromatic rings. The van der Waals surface area contributed by atoms with Gasteiger partial charge in [0.1, 0.15) is 0 Å². The molecule has 0 unspecified atom stereocenters. The first kappa shape index (κ1) is 16.7. The molecule has 120 valence electrons. The van der Waals surface area contributed by atoms with E-state index < -0.39 is 17.8 Å². The molecular formula is C18H17FO4. The topological polar surface area (TPSA) is 52.6 Å². The van der Waals surface area contributed by atoms with Gasteiger partial charge < -0.3 is 9.47 Å². The van der Waals surface area contributed by atoms with Crippen molar-refractivity contribution in [3.8, 4) is 5.75 Å². The highest BCUT2D eigenvalue weighted by atomic mass is 19.1. The van der Waals surface area contributed by atoms with Crippen molar-refractivity contribution in [1.29, 1.82) is 0 Å². The van der Waals surface area contributed by atoms with Crippen molar-refractivity contribution in [2.45, 2.75) is 19.8 Å². The molecule has 23 heavy (non-hydrogen) atoms. The summed E-state index contributed by atoms with van der Waals surface area (Å²) in [5.41, 5.74) is 0.141. The molecular weight excluding hydrogens is 299 g/mol. The Kier molecular flexibility index (Phi) is 5.86. The number of hydrogen-bond acceptors (Lipinski definition) is 4. The lowest BCUT2D eigenvalue weighted by molar-refractivity contribution is 0.0491. The number of carbonyl (C=O) groups is 2. The van der Waals surface area contributed by atoms with E-state index in [-0.39, 0.29) is 23.5 Å². The fraction of sp³-hybridized carbons (Fsp3) is 0.222. The van der Waals surface area contributed by atoms with Crippen LogP contribution < -0.4 is 4.74 Å². The number of rotatable bonds is 6. The van der Waals surface area contributed by atoms with Gasteiger partial charge in [-0.2, -0.15) is 0 Å². The molecule has 0 fully saturated rings. The standard InChI is InChI=1S/C18H17FO4/c1-2-3-12-22-17(20)13-8-4-5-9-14(13)18(21)23-16-11-7-6-10-15(16)19/h4-11H,2-3,12H2,1H3. The largest absolute Gasteiger partial charge is 0.462 e. The Hall–Kier alpha value is -2.69. The highest BCUT2D eigenvalue weighted by Crippen LogP contribution is 2.19. The van der Waals surface area contributed by atoms with Crippen LogP contribution in [0.1, 0.15) is 40.5 Å². The highest BCUT2D eigenvalue weighted by Gasteiger charge is 2.20. The van der Waals surface area contributed by atoms with Gasteiger partial charge in [0.2, 0.25) is 0 Å². The normalized spacial score (nSPS) is 10.2. The number of ether oxygens (including phenoxy) is 2. The number of para-hydroxylation sites is 1. The zero-order chi connectivity index (χ0) is 16.7.